The zero-order valence-corrected chi connectivity index (χ0v) is 8.69. The number of hydrogen-bond donors (Lipinski definition) is 0. The fourth-order valence-corrected chi connectivity index (χ4v) is 1.42. The van der Waals surface area contributed by atoms with Crippen LogP contribution in [0.1, 0.15) is 18.5 Å². The zero-order valence-electron chi connectivity index (χ0n) is 8.69. The van der Waals surface area contributed by atoms with Crippen molar-refractivity contribution < 1.29 is 9.53 Å². The van der Waals surface area contributed by atoms with E-state index in [9.17, 15) is 4.79 Å². The van der Waals surface area contributed by atoms with Crippen LogP contribution in [0, 0.1) is 5.92 Å². The van der Waals surface area contributed by atoms with Crippen LogP contribution < -0.4 is 0 Å². The number of pyridine rings is 1. The highest BCUT2D eigenvalue weighted by Crippen LogP contribution is 2.29. The van der Waals surface area contributed by atoms with Gasteiger partial charge in [0, 0.05) is 24.2 Å². The second-order valence-corrected chi connectivity index (χ2v) is 3.86. The largest absolute Gasteiger partial charge is 0.373 e. The molecular formula is C12H15NO2. The lowest BCUT2D eigenvalue weighted by Crippen LogP contribution is -2.12. The lowest BCUT2D eigenvalue weighted by molar-refractivity contribution is -0.124. The summed E-state index contributed by atoms with van der Waals surface area (Å²) >= 11 is 0. The van der Waals surface area contributed by atoms with Gasteiger partial charge in [0.25, 0.3) is 0 Å². The van der Waals surface area contributed by atoms with Crippen LogP contribution >= 0.6 is 0 Å². The first-order valence-corrected chi connectivity index (χ1v) is 5.36. The van der Waals surface area contributed by atoms with Crippen LogP contribution in [-0.4, -0.2) is 24.0 Å². The SMILES string of the molecule is O=C(COCCc1ccccn1)C1CC1. The van der Waals surface area contributed by atoms with Gasteiger partial charge in [-0.15, -0.1) is 0 Å². The topological polar surface area (TPSA) is 39.2 Å². The van der Waals surface area contributed by atoms with E-state index in [-0.39, 0.29) is 12.4 Å². The molecule has 15 heavy (non-hydrogen) atoms. The molecule has 0 unspecified atom stereocenters. The fourth-order valence-electron chi connectivity index (χ4n) is 1.42. The quantitative estimate of drug-likeness (QED) is 0.662. The normalized spacial score (nSPS) is 15.2. The summed E-state index contributed by atoms with van der Waals surface area (Å²) < 4.78 is 5.31. The maximum Gasteiger partial charge on any atom is 0.161 e. The van der Waals surface area contributed by atoms with Gasteiger partial charge in [0.15, 0.2) is 5.78 Å². The molecule has 0 aliphatic heterocycles. The van der Waals surface area contributed by atoms with Crippen molar-refractivity contribution in [2.24, 2.45) is 5.92 Å². The molecule has 0 bridgehead atoms. The molecule has 1 aliphatic rings. The summed E-state index contributed by atoms with van der Waals surface area (Å²) in [6.07, 6.45) is 4.66. The summed E-state index contributed by atoms with van der Waals surface area (Å²) in [6, 6.07) is 5.81. The number of nitrogens with zero attached hydrogens (tertiary/aromatic N) is 1. The molecule has 0 saturated heterocycles. The Morgan fingerprint density at radius 3 is 3.00 bits per heavy atom. The summed E-state index contributed by atoms with van der Waals surface area (Å²) in [7, 11) is 0. The van der Waals surface area contributed by atoms with Gasteiger partial charge in [0.2, 0.25) is 0 Å². The van der Waals surface area contributed by atoms with Gasteiger partial charge in [-0.25, -0.2) is 0 Å². The lowest BCUT2D eigenvalue weighted by Gasteiger charge is -2.02. The Hall–Kier alpha value is -1.22. The third-order valence-corrected chi connectivity index (χ3v) is 2.51. The van der Waals surface area contributed by atoms with E-state index in [4.69, 9.17) is 4.74 Å². The molecule has 0 N–H and O–H groups in total. The lowest BCUT2D eigenvalue weighted by atomic mass is 10.3. The molecule has 1 fully saturated rings. The van der Waals surface area contributed by atoms with E-state index in [0.29, 0.717) is 12.5 Å². The number of carbonyl (C=O) groups is 1. The van der Waals surface area contributed by atoms with Crippen LogP contribution in [0.25, 0.3) is 0 Å². The smallest absolute Gasteiger partial charge is 0.161 e. The highest BCUT2D eigenvalue weighted by molar-refractivity contribution is 5.84. The van der Waals surface area contributed by atoms with Crippen molar-refractivity contribution in [3.05, 3.63) is 30.1 Å². The van der Waals surface area contributed by atoms with E-state index in [1.165, 1.54) is 0 Å². The van der Waals surface area contributed by atoms with E-state index in [2.05, 4.69) is 4.98 Å². The minimum Gasteiger partial charge on any atom is -0.373 e. The Balaban J connectivity index is 1.60. The Kier molecular flexibility index (Phi) is 3.45. The van der Waals surface area contributed by atoms with Crippen molar-refractivity contribution >= 4 is 5.78 Å². The van der Waals surface area contributed by atoms with Crippen molar-refractivity contribution in [2.45, 2.75) is 19.3 Å². The third kappa shape index (κ3) is 3.44. The van der Waals surface area contributed by atoms with Crippen molar-refractivity contribution in [1.82, 2.24) is 4.98 Å². The van der Waals surface area contributed by atoms with Gasteiger partial charge in [-0.2, -0.15) is 0 Å². The minimum absolute atomic E-state index is 0.260. The first kappa shape index (κ1) is 10.3. The molecule has 3 nitrogen and oxygen atoms in total. The molecule has 0 radical (unpaired) electrons. The van der Waals surface area contributed by atoms with Crippen LogP contribution in [-0.2, 0) is 16.0 Å². The van der Waals surface area contributed by atoms with E-state index >= 15 is 0 Å². The van der Waals surface area contributed by atoms with Gasteiger partial charge < -0.3 is 4.74 Å². The standard InChI is InChI=1S/C12H15NO2/c14-12(10-4-5-10)9-15-8-6-11-3-1-2-7-13-11/h1-3,7,10H,4-6,8-9H2. The number of ketones is 1. The Labute approximate surface area is 89.5 Å². The number of Topliss-reactive ketones (excluding diaryl/α,β-unsaturated/α-hetero) is 1. The number of aromatic nitrogens is 1. The minimum atomic E-state index is 0.260. The first-order valence-electron chi connectivity index (χ1n) is 5.36. The van der Waals surface area contributed by atoms with Crippen LogP contribution in [0.5, 0.6) is 0 Å². The fraction of sp³-hybridized carbons (Fsp3) is 0.500. The van der Waals surface area contributed by atoms with Crippen molar-refractivity contribution in [3.63, 3.8) is 0 Å². The third-order valence-electron chi connectivity index (χ3n) is 2.51. The van der Waals surface area contributed by atoms with Gasteiger partial charge in [-0.3, -0.25) is 9.78 Å². The van der Waals surface area contributed by atoms with Crippen molar-refractivity contribution in [2.75, 3.05) is 13.2 Å². The molecule has 1 aliphatic carbocycles. The van der Waals surface area contributed by atoms with Crippen molar-refractivity contribution in [1.29, 1.82) is 0 Å². The van der Waals surface area contributed by atoms with E-state index < -0.39 is 0 Å². The molecule has 1 saturated carbocycles. The number of rotatable bonds is 6. The van der Waals surface area contributed by atoms with E-state index in [1.807, 2.05) is 18.2 Å². The van der Waals surface area contributed by atoms with Crippen LogP contribution in [0.3, 0.4) is 0 Å². The summed E-state index contributed by atoms with van der Waals surface area (Å²) in [5, 5.41) is 0. The zero-order chi connectivity index (χ0) is 10.5. The predicted octanol–water partition coefficient (Wildman–Crippen LogP) is 1.62. The molecule has 1 aromatic rings. The summed E-state index contributed by atoms with van der Waals surface area (Å²) in [5.41, 5.74) is 1.01. The van der Waals surface area contributed by atoms with Crippen LogP contribution in [0.4, 0.5) is 0 Å². The number of hydrogen-bond acceptors (Lipinski definition) is 3. The van der Waals surface area contributed by atoms with E-state index in [0.717, 1.165) is 25.0 Å². The van der Waals surface area contributed by atoms with Crippen LogP contribution in [0.2, 0.25) is 0 Å². The molecular weight excluding hydrogens is 190 g/mol. The Morgan fingerprint density at radius 2 is 2.33 bits per heavy atom. The first-order chi connectivity index (χ1) is 7.36. The monoisotopic (exact) mass is 205 g/mol. The average Bonchev–Trinajstić information content (AvgIpc) is 3.09. The molecule has 1 aromatic heterocycles. The summed E-state index contributed by atoms with van der Waals surface area (Å²) in [4.78, 5) is 15.5. The molecule has 0 atom stereocenters. The average molecular weight is 205 g/mol. The second-order valence-electron chi connectivity index (χ2n) is 3.86. The Bertz CT molecular complexity index is 320. The predicted molar refractivity (Wildman–Crippen MR) is 56.5 cm³/mol. The molecule has 0 amide bonds. The molecule has 2 rings (SSSR count). The highest BCUT2D eigenvalue weighted by Gasteiger charge is 2.28. The highest BCUT2D eigenvalue weighted by atomic mass is 16.5. The Morgan fingerprint density at radius 1 is 1.47 bits per heavy atom. The maximum atomic E-state index is 11.3. The van der Waals surface area contributed by atoms with Gasteiger partial charge in [0.1, 0.15) is 6.61 Å². The number of ether oxygens (including phenoxy) is 1. The summed E-state index contributed by atoms with van der Waals surface area (Å²) in [6.45, 7) is 0.854. The van der Waals surface area contributed by atoms with E-state index in [1.54, 1.807) is 6.20 Å². The molecule has 1 heterocycles. The van der Waals surface area contributed by atoms with Crippen molar-refractivity contribution in [3.8, 4) is 0 Å². The van der Waals surface area contributed by atoms with Crippen LogP contribution in [0.15, 0.2) is 24.4 Å². The van der Waals surface area contributed by atoms with Gasteiger partial charge >= 0.3 is 0 Å². The summed E-state index contributed by atoms with van der Waals surface area (Å²) in [5.74, 6) is 0.566. The molecule has 80 valence electrons. The second kappa shape index (κ2) is 5.03. The maximum absolute atomic E-state index is 11.3. The number of carbonyl (C=O) groups excluding carboxylic acids is 1. The molecule has 0 aromatic carbocycles. The molecule has 3 heteroatoms. The van der Waals surface area contributed by atoms with Gasteiger partial charge in [-0.05, 0) is 25.0 Å². The van der Waals surface area contributed by atoms with Gasteiger partial charge in [0.05, 0.1) is 6.61 Å². The molecule has 0 spiro atoms. The van der Waals surface area contributed by atoms with Gasteiger partial charge in [-0.1, -0.05) is 6.07 Å².